The van der Waals surface area contributed by atoms with Crippen LogP contribution in [0.3, 0.4) is 0 Å². The molecule has 1 aliphatic heterocycles. The Bertz CT molecular complexity index is 71.5. The standard InChI is InChI=1S/C6H13NO.ClH/c1-5-3-8-4-6(2)7-5;/h5-7H,3-4H2,1-2H3;1H. The van der Waals surface area contributed by atoms with Crippen molar-refractivity contribution in [2.45, 2.75) is 25.9 Å². The summed E-state index contributed by atoms with van der Waals surface area (Å²) in [5, 5.41) is 3.35. The fraction of sp³-hybridized carbons (Fsp3) is 1.00. The van der Waals surface area contributed by atoms with Gasteiger partial charge in [-0.25, -0.2) is 0 Å². The molecule has 3 heteroatoms. The van der Waals surface area contributed by atoms with E-state index in [4.69, 9.17) is 4.74 Å². The predicted molar refractivity (Wildman–Crippen MR) is 40.1 cm³/mol. The van der Waals surface area contributed by atoms with E-state index in [1.807, 2.05) is 0 Å². The van der Waals surface area contributed by atoms with Gasteiger partial charge >= 0.3 is 0 Å². The van der Waals surface area contributed by atoms with E-state index in [0.717, 1.165) is 13.2 Å². The Hall–Kier alpha value is 0.210. The molecular weight excluding hydrogens is 138 g/mol. The third-order valence-electron chi connectivity index (χ3n) is 1.30. The molecule has 0 spiro atoms. The van der Waals surface area contributed by atoms with E-state index in [-0.39, 0.29) is 12.4 Å². The minimum atomic E-state index is 0. The lowest BCUT2D eigenvalue weighted by Gasteiger charge is -2.25. The summed E-state index contributed by atoms with van der Waals surface area (Å²) in [5.41, 5.74) is 0. The molecule has 0 aromatic heterocycles. The Morgan fingerprint density at radius 1 is 1.22 bits per heavy atom. The van der Waals surface area contributed by atoms with E-state index in [2.05, 4.69) is 19.2 Å². The monoisotopic (exact) mass is 151 g/mol. The van der Waals surface area contributed by atoms with Gasteiger partial charge in [0.2, 0.25) is 0 Å². The van der Waals surface area contributed by atoms with Crippen molar-refractivity contribution in [3.63, 3.8) is 0 Å². The van der Waals surface area contributed by atoms with E-state index < -0.39 is 0 Å². The summed E-state index contributed by atoms with van der Waals surface area (Å²) in [6, 6.07) is 1.08. The molecule has 1 fully saturated rings. The molecule has 1 aliphatic rings. The van der Waals surface area contributed by atoms with Crippen LogP contribution in [0.4, 0.5) is 0 Å². The molecule has 2 atom stereocenters. The van der Waals surface area contributed by atoms with Crippen molar-refractivity contribution in [2.24, 2.45) is 0 Å². The van der Waals surface area contributed by atoms with Gasteiger partial charge < -0.3 is 10.1 Å². The van der Waals surface area contributed by atoms with E-state index in [1.165, 1.54) is 0 Å². The molecule has 0 saturated carbocycles. The molecule has 1 heterocycles. The topological polar surface area (TPSA) is 21.3 Å². The summed E-state index contributed by atoms with van der Waals surface area (Å²) in [6.45, 7) is 6.00. The Morgan fingerprint density at radius 2 is 1.67 bits per heavy atom. The van der Waals surface area contributed by atoms with Crippen LogP contribution >= 0.6 is 12.4 Å². The summed E-state index contributed by atoms with van der Waals surface area (Å²) in [7, 11) is 0. The Labute approximate surface area is 62.4 Å². The number of morpholine rings is 1. The van der Waals surface area contributed by atoms with Gasteiger partial charge in [-0.05, 0) is 13.8 Å². The van der Waals surface area contributed by atoms with E-state index in [1.54, 1.807) is 0 Å². The lowest BCUT2D eigenvalue weighted by atomic mass is 10.2. The maximum Gasteiger partial charge on any atom is 0.0617 e. The van der Waals surface area contributed by atoms with Crippen LogP contribution in [0.25, 0.3) is 0 Å². The van der Waals surface area contributed by atoms with Crippen molar-refractivity contribution in [2.75, 3.05) is 13.2 Å². The van der Waals surface area contributed by atoms with Gasteiger partial charge in [0.25, 0.3) is 0 Å². The number of hydrogen-bond donors (Lipinski definition) is 1. The van der Waals surface area contributed by atoms with Gasteiger partial charge in [-0.1, -0.05) is 0 Å². The second-order valence-electron chi connectivity index (χ2n) is 2.51. The fourth-order valence-electron chi connectivity index (χ4n) is 1.00. The van der Waals surface area contributed by atoms with E-state index >= 15 is 0 Å². The number of nitrogens with one attached hydrogen (secondary N) is 1. The largest absolute Gasteiger partial charge is 0.378 e. The van der Waals surface area contributed by atoms with Crippen molar-refractivity contribution < 1.29 is 4.74 Å². The molecule has 9 heavy (non-hydrogen) atoms. The molecule has 0 aliphatic carbocycles. The average Bonchev–Trinajstić information content (AvgIpc) is 1.64. The van der Waals surface area contributed by atoms with Crippen molar-refractivity contribution in [1.29, 1.82) is 0 Å². The number of ether oxygens (including phenoxy) is 1. The van der Waals surface area contributed by atoms with Crippen LogP contribution in [0.5, 0.6) is 0 Å². The normalized spacial score (nSPS) is 35.3. The molecule has 2 unspecified atom stereocenters. The lowest BCUT2D eigenvalue weighted by molar-refractivity contribution is 0.0560. The van der Waals surface area contributed by atoms with Crippen LogP contribution < -0.4 is 5.32 Å². The van der Waals surface area contributed by atoms with Gasteiger partial charge in [0.05, 0.1) is 13.2 Å². The fourth-order valence-corrected chi connectivity index (χ4v) is 1.00. The lowest BCUT2D eigenvalue weighted by Crippen LogP contribution is -2.45. The molecule has 1 N–H and O–H groups in total. The zero-order valence-corrected chi connectivity index (χ0v) is 6.70. The van der Waals surface area contributed by atoms with Crippen molar-refractivity contribution >= 4 is 12.4 Å². The summed E-state index contributed by atoms with van der Waals surface area (Å²) in [4.78, 5) is 0. The first-order valence-corrected chi connectivity index (χ1v) is 3.13. The van der Waals surface area contributed by atoms with Gasteiger partial charge in [0.15, 0.2) is 0 Å². The van der Waals surface area contributed by atoms with Crippen molar-refractivity contribution in [1.82, 2.24) is 5.32 Å². The quantitative estimate of drug-likeness (QED) is 0.553. The highest BCUT2D eigenvalue weighted by molar-refractivity contribution is 5.85. The molecule has 0 aromatic carbocycles. The Balaban J connectivity index is 0.000000640. The van der Waals surface area contributed by atoms with Crippen LogP contribution in [0.15, 0.2) is 0 Å². The van der Waals surface area contributed by atoms with Gasteiger partial charge in [-0.2, -0.15) is 0 Å². The minimum absolute atomic E-state index is 0. The second-order valence-corrected chi connectivity index (χ2v) is 2.51. The van der Waals surface area contributed by atoms with Gasteiger partial charge in [-0.15, -0.1) is 12.4 Å². The summed E-state index contributed by atoms with van der Waals surface area (Å²) in [5.74, 6) is 0. The predicted octanol–water partition coefficient (Wildman–Crippen LogP) is 0.805. The minimum Gasteiger partial charge on any atom is -0.378 e. The first kappa shape index (κ1) is 9.21. The highest BCUT2D eigenvalue weighted by atomic mass is 35.5. The van der Waals surface area contributed by atoms with Crippen molar-refractivity contribution in [3.8, 4) is 0 Å². The molecule has 1 saturated heterocycles. The molecule has 0 radical (unpaired) electrons. The number of hydrogen-bond acceptors (Lipinski definition) is 2. The maximum atomic E-state index is 5.23. The van der Waals surface area contributed by atoms with Gasteiger partial charge in [0.1, 0.15) is 0 Å². The van der Waals surface area contributed by atoms with Crippen LogP contribution in [-0.2, 0) is 4.74 Å². The number of halogens is 1. The molecule has 0 aromatic rings. The summed E-state index contributed by atoms with van der Waals surface area (Å²) < 4.78 is 5.23. The Kier molecular flexibility index (Phi) is 4.19. The Morgan fingerprint density at radius 3 is 1.89 bits per heavy atom. The summed E-state index contributed by atoms with van der Waals surface area (Å²) in [6.07, 6.45) is 0. The smallest absolute Gasteiger partial charge is 0.0617 e. The molecule has 56 valence electrons. The summed E-state index contributed by atoms with van der Waals surface area (Å²) >= 11 is 0. The van der Waals surface area contributed by atoms with Crippen LogP contribution in [-0.4, -0.2) is 25.3 Å². The van der Waals surface area contributed by atoms with Gasteiger partial charge in [-0.3, -0.25) is 0 Å². The molecule has 0 bridgehead atoms. The molecule has 2 nitrogen and oxygen atoms in total. The van der Waals surface area contributed by atoms with E-state index in [0.29, 0.717) is 12.1 Å². The average molecular weight is 152 g/mol. The maximum absolute atomic E-state index is 5.23. The molecular formula is C6H14ClNO. The zero-order chi connectivity index (χ0) is 5.98. The first-order valence-electron chi connectivity index (χ1n) is 3.13. The molecule has 1 rings (SSSR count). The van der Waals surface area contributed by atoms with Gasteiger partial charge in [0, 0.05) is 12.1 Å². The third-order valence-corrected chi connectivity index (χ3v) is 1.30. The highest BCUT2D eigenvalue weighted by Crippen LogP contribution is 1.96. The molecule has 0 amide bonds. The number of rotatable bonds is 0. The van der Waals surface area contributed by atoms with Crippen LogP contribution in [0.1, 0.15) is 13.8 Å². The highest BCUT2D eigenvalue weighted by Gasteiger charge is 2.12. The first-order chi connectivity index (χ1) is 3.79. The van der Waals surface area contributed by atoms with Crippen molar-refractivity contribution in [3.05, 3.63) is 0 Å². The van der Waals surface area contributed by atoms with Crippen LogP contribution in [0, 0.1) is 0 Å². The zero-order valence-electron chi connectivity index (χ0n) is 5.89. The third kappa shape index (κ3) is 3.04. The van der Waals surface area contributed by atoms with Crippen LogP contribution in [0.2, 0.25) is 0 Å². The second kappa shape index (κ2) is 4.09. The SMILES string of the molecule is CC1COCC(C)N1.Cl. The van der Waals surface area contributed by atoms with E-state index in [9.17, 15) is 0 Å².